The van der Waals surface area contributed by atoms with Crippen LogP contribution >= 0.6 is 0 Å². The van der Waals surface area contributed by atoms with Crippen molar-refractivity contribution < 1.29 is 9.59 Å². The third kappa shape index (κ3) is 2.93. The Balaban J connectivity index is 1.74. The zero-order chi connectivity index (χ0) is 14.8. The van der Waals surface area contributed by atoms with Crippen LogP contribution in [0.25, 0.3) is 0 Å². The number of rotatable bonds is 4. The van der Waals surface area contributed by atoms with E-state index in [1.54, 1.807) is 6.07 Å². The van der Waals surface area contributed by atoms with Gasteiger partial charge in [-0.15, -0.1) is 0 Å². The van der Waals surface area contributed by atoms with E-state index in [0.717, 1.165) is 30.8 Å². The Bertz CT molecular complexity index is 565. The van der Waals surface area contributed by atoms with E-state index < -0.39 is 0 Å². The van der Waals surface area contributed by atoms with E-state index in [-0.39, 0.29) is 11.8 Å². The molecule has 21 heavy (non-hydrogen) atoms. The third-order valence-corrected chi connectivity index (χ3v) is 4.25. The van der Waals surface area contributed by atoms with Crippen LogP contribution in [0.3, 0.4) is 0 Å². The van der Waals surface area contributed by atoms with E-state index in [4.69, 9.17) is 0 Å². The molecule has 0 radical (unpaired) electrons. The van der Waals surface area contributed by atoms with Gasteiger partial charge in [0.05, 0.1) is 6.42 Å². The topological polar surface area (TPSA) is 61.4 Å². The first-order valence-electron chi connectivity index (χ1n) is 7.63. The van der Waals surface area contributed by atoms with Gasteiger partial charge in [-0.3, -0.25) is 9.59 Å². The summed E-state index contributed by atoms with van der Waals surface area (Å²) in [6.45, 7) is 4.49. The molecule has 1 fully saturated rings. The van der Waals surface area contributed by atoms with Crippen molar-refractivity contribution in [3.8, 4) is 0 Å². The Labute approximate surface area is 124 Å². The molecule has 0 spiro atoms. The number of benzene rings is 1. The van der Waals surface area contributed by atoms with Gasteiger partial charge in [0.25, 0.3) is 5.91 Å². The molecule has 2 N–H and O–H groups in total. The molecular weight excluding hydrogens is 266 g/mol. The summed E-state index contributed by atoms with van der Waals surface area (Å²) in [5, 5.41) is 6.22. The minimum absolute atomic E-state index is 0.00268. The third-order valence-electron chi connectivity index (χ3n) is 4.25. The maximum absolute atomic E-state index is 12.6. The molecule has 112 valence electrons. The first-order chi connectivity index (χ1) is 10.2. The van der Waals surface area contributed by atoms with Gasteiger partial charge in [-0.05, 0) is 44.0 Å². The molecule has 2 aliphatic heterocycles. The zero-order valence-corrected chi connectivity index (χ0v) is 12.3. The van der Waals surface area contributed by atoms with Gasteiger partial charge < -0.3 is 15.5 Å². The molecule has 0 aliphatic carbocycles. The number of nitrogens with zero attached hydrogens (tertiary/aromatic N) is 1. The highest BCUT2D eigenvalue weighted by Crippen LogP contribution is 2.24. The van der Waals surface area contributed by atoms with E-state index in [0.29, 0.717) is 24.6 Å². The minimum atomic E-state index is -0.00268. The fourth-order valence-corrected chi connectivity index (χ4v) is 3.06. The molecule has 5 nitrogen and oxygen atoms in total. The largest absolute Gasteiger partial charge is 0.337 e. The van der Waals surface area contributed by atoms with Crippen LogP contribution in [0.1, 0.15) is 35.7 Å². The van der Waals surface area contributed by atoms with Crippen molar-refractivity contribution in [2.75, 3.05) is 25.0 Å². The summed E-state index contributed by atoms with van der Waals surface area (Å²) >= 11 is 0. The molecule has 0 bridgehead atoms. The first kappa shape index (κ1) is 14.1. The quantitative estimate of drug-likeness (QED) is 0.880. The predicted molar refractivity (Wildman–Crippen MR) is 81.4 cm³/mol. The van der Waals surface area contributed by atoms with Gasteiger partial charge in [0.2, 0.25) is 5.91 Å². The van der Waals surface area contributed by atoms with Crippen molar-refractivity contribution in [1.82, 2.24) is 10.2 Å². The summed E-state index contributed by atoms with van der Waals surface area (Å²) in [7, 11) is 0. The highest BCUT2D eigenvalue weighted by Gasteiger charge is 2.23. The maximum Gasteiger partial charge on any atom is 0.253 e. The van der Waals surface area contributed by atoms with E-state index in [1.165, 1.54) is 6.42 Å². The normalized spacial score (nSPS) is 20.2. The Kier molecular flexibility index (Phi) is 3.92. The first-order valence-corrected chi connectivity index (χ1v) is 7.63. The highest BCUT2D eigenvalue weighted by atomic mass is 16.2. The molecule has 2 heterocycles. The van der Waals surface area contributed by atoms with Gasteiger partial charge >= 0.3 is 0 Å². The fourth-order valence-electron chi connectivity index (χ4n) is 3.06. The SMILES string of the molecule is CCN(CC1CCCN1)C(=O)c1ccc2c(c1)NC(=O)C2. The van der Waals surface area contributed by atoms with Crippen LogP contribution in [0.15, 0.2) is 18.2 Å². The van der Waals surface area contributed by atoms with Crippen molar-refractivity contribution in [2.45, 2.75) is 32.2 Å². The van der Waals surface area contributed by atoms with E-state index in [9.17, 15) is 9.59 Å². The number of amides is 2. The molecular formula is C16H21N3O2. The van der Waals surface area contributed by atoms with E-state index in [1.807, 2.05) is 24.0 Å². The molecule has 0 aromatic heterocycles. The van der Waals surface area contributed by atoms with Crippen molar-refractivity contribution in [3.05, 3.63) is 29.3 Å². The fraction of sp³-hybridized carbons (Fsp3) is 0.500. The van der Waals surface area contributed by atoms with Crippen molar-refractivity contribution in [1.29, 1.82) is 0 Å². The minimum Gasteiger partial charge on any atom is -0.337 e. The smallest absolute Gasteiger partial charge is 0.253 e. The second-order valence-corrected chi connectivity index (χ2v) is 5.73. The predicted octanol–water partition coefficient (Wildman–Crippen LogP) is 1.40. The van der Waals surface area contributed by atoms with Gasteiger partial charge in [-0.2, -0.15) is 0 Å². The van der Waals surface area contributed by atoms with Crippen molar-refractivity contribution >= 4 is 17.5 Å². The maximum atomic E-state index is 12.6. The lowest BCUT2D eigenvalue weighted by molar-refractivity contribution is -0.115. The molecule has 3 rings (SSSR count). The summed E-state index contributed by atoms with van der Waals surface area (Å²) in [5.41, 5.74) is 2.40. The summed E-state index contributed by atoms with van der Waals surface area (Å²) in [5.74, 6) is 0.0345. The van der Waals surface area contributed by atoms with Gasteiger partial charge in [0.15, 0.2) is 0 Å². The standard InChI is InChI=1S/C16H21N3O2/c1-2-19(10-13-4-3-7-17-13)16(21)12-6-5-11-9-15(20)18-14(11)8-12/h5-6,8,13,17H,2-4,7,9-10H2,1H3,(H,18,20). The van der Waals surface area contributed by atoms with Crippen LogP contribution in [-0.4, -0.2) is 42.4 Å². The number of hydrogen-bond acceptors (Lipinski definition) is 3. The Hall–Kier alpha value is -1.88. The lowest BCUT2D eigenvalue weighted by Gasteiger charge is -2.24. The van der Waals surface area contributed by atoms with Gasteiger partial charge in [-0.1, -0.05) is 6.07 Å². The lowest BCUT2D eigenvalue weighted by Crippen LogP contribution is -2.41. The number of anilines is 1. The summed E-state index contributed by atoms with van der Waals surface area (Å²) in [6.07, 6.45) is 2.72. The Morgan fingerprint density at radius 1 is 1.43 bits per heavy atom. The average Bonchev–Trinajstić information content (AvgIpc) is 3.11. The van der Waals surface area contributed by atoms with Gasteiger partial charge in [0, 0.05) is 30.4 Å². The number of fused-ring (bicyclic) bond motifs is 1. The molecule has 1 aromatic rings. The average molecular weight is 287 g/mol. The summed E-state index contributed by atoms with van der Waals surface area (Å²) in [6, 6.07) is 5.91. The Morgan fingerprint density at radius 2 is 2.29 bits per heavy atom. The summed E-state index contributed by atoms with van der Waals surface area (Å²) < 4.78 is 0. The molecule has 2 amide bonds. The number of carbonyl (C=O) groups is 2. The molecule has 0 saturated carbocycles. The Morgan fingerprint density at radius 3 is 3.00 bits per heavy atom. The second-order valence-electron chi connectivity index (χ2n) is 5.73. The number of carbonyl (C=O) groups excluding carboxylic acids is 2. The molecule has 1 aromatic carbocycles. The summed E-state index contributed by atoms with van der Waals surface area (Å²) in [4.78, 5) is 25.9. The monoisotopic (exact) mass is 287 g/mol. The second kappa shape index (κ2) is 5.85. The van der Waals surface area contributed by atoms with Crippen LogP contribution in [0.2, 0.25) is 0 Å². The van der Waals surface area contributed by atoms with Crippen LogP contribution in [0.4, 0.5) is 5.69 Å². The highest BCUT2D eigenvalue weighted by molar-refractivity contribution is 6.02. The number of nitrogens with one attached hydrogen (secondary N) is 2. The number of likely N-dealkylation sites (N-methyl/N-ethyl adjacent to an activating group) is 1. The van der Waals surface area contributed by atoms with Crippen LogP contribution in [0, 0.1) is 0 Å². The van der Waals surface area contributed by atoms with Crippen LogP contribution < -0.4 is 10.6 Å². The van der Waals surface area contributed by atoms with Gasteiger partial charge in [-0.25, -0.2) is 0 Å². The van der Waals surface area contributed by atoms with Crippen LogP contribution in [-0.2, 0) is 11.2 Å². The molecule has 1 atom stereocenters. The van der Waals surface area contributed by atoms with E-state index >= 15 is 0 Å². The molecule has 2 aliphatic rings. The van der Waals surface area contributed by atoms with Crippen molar-refractivity contribution in [2.24, 2.45) is 0 Å². The van der Waals surface area contributed by atoms with Crippen LogP contribution in [0.5, 0.6) is 0 Å². The van der Waals surface area contributed by atoms with Gasteiger partial charge in [0.1, 0.15) is 0 Å². The lowest BCUT2D eigenvalue weighted by atomic mass is 10.1. The molecule has 1 saturated heterocycles. The molecule has 5 heteroatoms. The van der Waals surface area contributed by atoms with Crippen molar-refractivity contribution in [3.63, 3.8) is 0 Å². The number of hydrogen-bond donors (Lipinski definition) is 2. The zero-order valence-electron chi connectivity index (χ0n) is 12.3. The van der Waals surface area contributed by atoms with E-state index in [2.05, 4.69) is 10.6 Å². The molecule has 1 unspecified atom stereocenters.